The molecule has 1 aliphatic rings. The fourth-order valence-corrected chi connectivity index (χ4v) is 2.38. The molecule has 0 radical (unpaired) electrons. The lowest BCUT2D eigenvalue weighted by Crippen LogP contribution is -2.40. The van der Waals surface area contributed by atoms with Gasteiger partial charge in [-0.25, -0.2) is 0 Å². The third-order valence-corrected chi connectivity index (χ3v) is 3.31. The second-order valence-electron chi connectivity index (χ2n) is 4.39. The van der Waals surface area contributed by atoms with E-state index in [1.54, 1.807) is 11.0 Å². The van der Waals surface area contributed by atoms with E-state index in [0.29, 0.717) is 19.0 Å². The highest BCUT2D eigenvalue weighted by Gasteiger charge is 2.31. The van der Waals surface area contributed by atoms with Crippen LogP contribution in [-0.2, 0) is 4.79 Å². The summed E-state index contributed by atoms with van der Waals surface area (Å²) in [4.78, 5) is 13.8. The van der Waals surface area contributed by atoms with Crippen molar-refractivity contribution in [3.8, 4) is 0 Å². The highest BCUT2D eigenvalue weighted by molar-refractivity contribution is 5.79. The Bertz CT molecular complexity index is 228. The molecule has 3 nitrogen and oxygen atoms in total. The molecule has 1 fully saturated rings. The number of hydrogen-bond donors (Lipinski definition) is 1. The number of rotatable bonds is 4. The van der Waals surface area contributed by atoms with E-state index in [9.17, 15) is 4.79 Å². The van der Waals surface area contributed by atoms with Crippen LogP contribution in [0.2, 0.25) is 0 Å². The van der Waals surface area contributed by atoms with Crippen LogP contribution < -0.4 is 5.73 Å². The molecule has 1 amide bonds. The van der Waals surface area contributed by atoms with E-state index >= 15 is 0 Å². The average molecular weight is 210 g/mol. The zero-order valence-electron chi connectivity index (χ0n) is 9.61. The van der Waals surface area contributed by atoms with E-state index < -0.39 is 0 Å². The monoisotopic (exact) mass is 210 g/mol. The summed E-state index contributed by atoms with van der Waals surface area (Å²) in [7, 11) is 1.84. The predicted octanol–water partition coefficient (Wildman–Crippen LogP) is 1.40. The molecule has 0 bridgehead atoms. The number of carbonyl (C=O) groups is 1. The Morgan fingerprint density at radius 1 is 1.53 bits per heavy atom. The van der Waals surface area contributed by atoms with Gasteiger partial charge in [0.1, 0.15) is 0 Å². The van der Waals surface area contributed by atoms with Crippen LogP contribution in [0.4, 0.5) is 0 Å². The van der Waals surface area contributed by atoms with Gasteiger partial charge in [0.05, 0.1) is 0 Å². The Morgan fingerprint density at radius 3 is 2.80 bits per heavy atom. The number of likely N-dealkylation sites (N-methyl/N-ethyl adjacent to an activating group) is 1. The minimum atomic E-state index is 0.147. The number of nitrogens with two attached hydrogens (primary N) is 1. The number of carbonyl (C=O) groups excluding carboxylic acids is 1. The van der Waals surface area contributed by atoms with Crippen LogP contribution in [0.3, 0.4) is 0 Å². The molecule has 0 aromatic carbocycles. The van der Waals surface area contributed by atoms with Crippen molar-refractivity contribution in [2.75, 3.05) is 20.1 Å². The second kappa shape index (κ2) is 5.91. The molecule has 0 aromatic rings. The highest BCUT2D eigenvalue weighted by Crippen LogP contribution is 2.30. The molecule has 2 atom stereocenters. The van der Waals surface area contributed by atoms with Crippen molar-refractivity contribution in [1.82, 2.24) is 4.90 Å². The summed E-state index contributed by atoms with van der Waals surface area (Å²) in [6.45, 7) is 4.92. The molecule has 15 heavy (non-hydrogen) atoms. The van der Waals surface area contributed by atoms with Gasteiger partial charge in [-0.3, -0.25) is 4.79 Å². The van der Waals surface area contributed by atoms with Crippen molar-refractivity contribution in [3.05, 3.63) is 12.7 Å². The lowest BCUT2D eigenvalue weighted by atomic mass is 9.78. The molecule has 0 aromatic heterocycles. The van der Waals surface area contributed by atoms with Gasteiger partial charge < -0.3 is 10.6 Å². The first kappa shape index (κ1) is 12.2. The Labute approximate surface area is 92.3 Å². The second-order valence-corrected chi connectivity index (χ2v) is 4.39. The molecule has 1 saturated carbocycles. The van der Waals surface area contributed by atoms with Gasteiger partial charge in [-0.2, -0.15) is 0 Å². The minimum Gasteiger partial charge on any atom is -0.342 e. The van der Waals surface area contributed by atoms with Gasteiger partial charge in [0.2, 0.25) is 5.91 Å². The van der Waals surface area contributed by atoms with E-state index in [1.807, 2.05) is 7.05 Å². The van der Waals surface area contributed by atoms with Crippen molar-refractivity contribution < 1.29 is 4.79 Å². The smallest absolute Gasteiger partial charge is 0.226 e. The molecule has 2 N–H and O–H groups in total. The SMILES string of the molecule is C=CCN(C)C(=O)C1CCCCC1CN. The van der Waals surface area contributed by atoms with Gasteiger partial charge in [0.25, 0.3) is 0 Å². The molecule has 0 saturated heterocycles. The van der Waals surface area contributed by atoms with Gasteiger partial charge in [-0.1, -0.05) is 18.9 Å². The lowest BCUT2D eigenvalue weighted by Gasteiger charge is -2.32. The summed E-state index contributed by atoms with van der Waals surface area (Å²) in [6.07, 6.45) is 6.25. The Hall–Kier alpha value is -0.830. The highest BCUT2D eigenvalue weighted by atomic mass is 16.2. The van der Waals surface area contributed by atoms with Crippen LogP contribution in [-0.4, -0.2) is 30.9 Å². The maximum atomic E-state index is 12.1. The van der Waals surface area contributed by atoms with Crippen LogP contribution in [0.25, 0.3) is 0 Å². The number of hydrogen-bond acceptors (Lipinski definition) is 2. The first-order chi connectivity index (χ1) is 7.20. The minimum absolute atomic E-state index is 0.147. The van der Waals surface area contributed by atoms with Gasteiger partial charge in [0, 0.05) is 19.5 Å². The topological polar surface area (TPSA) is 46.3 Å². The number of nitrogens with zero attached hydrogens (tertiary/aromatic N) is 1. The maximum Gasteiger partial charge on any atom is 0.226 e. The van der Waals surface area contributed by atoms with Crippen molar-refractivity contribution >= 4 is 5.91 Å². The van der Waals surface area contributed by atoms with Crippen LogP contribution in [0.1, 0.15) is 25.7 Å². The Kier molecular flexibility index (Phi) is 4.82. The van der Waals surface area contributed by atoms with E-state index in [1.165, 1.54) is 6.42 Å². The zero-order valence-corrected chi connectivity index (χ0v) is 9.61. The Morgan fingerprint density at radius 2 is 2.20 bits per heavy atom. The fraction of sp³-hybridized carbons (Fsp3) is 0.750. The van der Waals surface area contributed by atoms with Gasteiger partial charge in [-0.15, -0.1) is 6.58 Å². The third-order valence-electron chi connectivity index (χ3n) is 3.31. The normalized spacial score (nSPS) is 26.0. The summed E-state index contributed by atoms with van der Waals surface area (Å²) < 4.78 is 0. The lowest BCUT2D eigenvalue weighted by molar-refractivity contribution is -0.136. The largest absolute Gasteiger partial charge is 0.342 e. The third kappa shape index (κ3) is 3.06. The average Bonchev–Trinajstić information content (AvgIpc) is 2.28. The summed E-state index contributed by atoms with van der Waals surface area (Å²) in [5, 5.41) is 0. The predicted molar refractivity (Wildman–Crippen MR) is 62.3 cm³/mol. The Balaban J connectivity index is 2.58. The molecule has 3 heteroatoms. The van der Waals surface area contributed by atoms with Crippen molar-refractivity contribution in [3.63, 3.8) is 0 Å². The fourth-order valence-electron chi connectivity index (χ4n) is 2.38. The molecule has 1 rings (SSSR count). The van der Waals surface area contributed by atoms with Crippen molar-refractivity contribution in [1.29, 1.82) is 0 Å². The first-order valence-corrected chi connectivity index (χ1v) is 5.76. The summed E-state index contributed by atoms with van der Waals surface area (Å²) in [6, 6.07) is 0. The van der Waals surface area contributed by atoms with E-state index in [4.69, 9.17) is 5.73 Å². The molecule has 0 aliphatic heterocycles. The molecule has 1 aliphatic carbocycles. The molecule has 86 valence electrons. The van der Waals surface area contributed by atoms with Crippen molar-refractivity contribution in [2.45, 2.75) is 25.7 Å². The molecular weight excluding hydrogens is 188 g/mol. The summed E-state index contributed by atoms with van der Waals surface area (Å²) in [5.41, 5.74) is 5.71. The zero-order chi connectivity index (χ0) is 11.3. The summed E-state index contributed by atoms with van der Waals surface area (Å²) in [5.74, 6) is 0.775. The van der Waals surface area contributed by atoms with E-state index in [-0.39, 0.29) is 11.8 Å². The maximum absolute atomic E-state index is 12.1. The first-order valence-electron chi connectivity index (χ1n) is 5.76. The standard InChI is InChI=1S/C12H22N2O/c1-3-8-14(2)12(15)11-7-5-4-6-10(11)9-13/h3,10-11H,1,4-9,13H2,2H3. The van der Waals surface area contributed by atoms with Crippen LogP contribution in [0.5, 0.6) is 0 Å². The van der Waals surface area contributed by atoms with Gasteiger partial charge in [0.15, 0.2) is 0 Å². The molecular formula is C12H22N2O. The van der Waals surface area contributed by atoms with Crippen molar-refractivity contribution in [2.24, 2.45) is 17.6 Å². The van der Waals surface area contributed by atoms with Gasteiger partial charge >= 0.3 is 0 Å². The van der Waals surface area contributed by atoms with Gasteiger partial charge in [-0.05, 0) is 25.3 Å². The summed E-state index contributed by atoms with van der Waals surface area (Å²) >= 11 is 0. The molecule has 0 heterocycles. The van der Waals surface area contributed by atoms with E-state index in [2.05, 4.69) is 6.58 Å². The van der Waals surface area contributed by atoms with Crippen LogP contribution in [0, 0.1) is 11.8 Å². The van der Waals surface area contributed by atoms with Crippen LogP contribution in [0.15, 0.2) is 12.7 Å². The molecule has 0 spiro atoms. The van der Waals surface area contributed by atoms with Crippen LogP contribution >= 0.6 is 0 Å². The molecule has 2 unspecified atom stereocenters. The quantitative estimate of drug-likeness (QED) is 0.713. The van der Waals surface area contributed by atoms with E-state index in [0.717, 1.165) is 19.3 Å². The number of amides is 1.